The zero-order valence-corrected chi connectivity index (χ0v) is 15.6. The van der Waals surface area contributed by atoms with E-state index in [9.17, 15) is 0 Å². The molecule has 0 aliphatic carbocycles. The molecule has 0 amide bonds. The van der Waals surface area contributed by atoms with Crippen molar-refractivity contribution in [3.63, 3.8) is 0 Å². The standard InChI is InChI=1S/C19H34OS/c1-16(2)12-14-20-13-8-10-18-9-7-11-19(15-18)21(5,6)17(3)4/h7,9,11,15-17H,8,10,12-14H2,1-6H3. The van der Waals surface area contributed by atoms with Crippen LogP contribution in [0.4, 0.5) is 0 Å². The number of rotatable bonds is 9. The second-order valence-corrected chi connectivity index (χ2v) is 11.2. The summed E-state index contributed by atoms with van der Waals surface area (Å²) < 4.78 is 5.71. The van der Waals surface area contributed by atoms with Crippen LogP contribution in [0.25, 0.3) is 0 Å². The van der Waals surface area contributed by atoms with Gasteiger partial charge in [-0.15, -0.1) is 0 Å². The topological polar surface area (TPSA) is 9.23 Å². The summed E-state index contributed by atoms with van der Waals surface area (Å²) in [6.07, 6.45) is 8.27. The van der Waals surface area contributed by atoms with Crippen LogP contribution >= 0.6 is 10.0 Å². The molecule has 0 fully saturated rings. The summed E-state index contributed by atoms with van der Waals surface area (Å²) in [5, 5.41) is 0.729. The lowest BCUT2D eigenvalue weighted by Crippen LogP contribution is -2.09. The lowest BCUT2D eigenvalue weighted by Gasteiger charge is -2.36. The largest absolute Gasteiger partial charge is 0.381 e. The lowest BCUT2D eigenvalue weighted by atomic mass is 10.1. The van der Waals surface area contributed by atoms with Crippen molar-refractivity contribution in [1.29, 1.82) is 0 Å². The normalized spacial score (nSPS) is 13.1. The molecule has 0 spiro atoms. The second kappa shape index (κ2) is 8.85. The van der Waals surface area contributed by atoms with Gasteiger partial charge >= 0.3 is 0 Å². The van der Waals surface area contributed by atoms with E-state index in [4.69, 9.17) is 4.74 Å². The third-order valence-electron chi connectivity index (χ3n) is 4.28. The van der Waals surface area contributed by atoms with Gasteiger partial charge in [0.15, 0.2) is 0 Å². The zero-order valence-electron chi connectivity index (χ0n) is 14.8. The molecule has 0 bridgehead atoms. The molecule has 0 saturated carbocycles. The molecular formula is C19H34OS. The first-order chi connectivity index (χ1) is 9.84. The van der Waals surface area contributed by atoms with Gasteiger partial charge in [-0.3, -0.25) is 0 Å². The summed E-state index contributed by atoms with van der Waals surface area (Å²) in [5.74, 6) is 0.739. The number of hydrogen-bond donors (Lipinski definition) is 0. The van der Waals surface area contributed by atoms with Gasteiger partial charge in [-0.1, -0.05) is 45.9 Å². The van der Waals surface area contributed by atoms with Crippen molar-refractivity contribution in [2.45, 2.75) is 57.1 Å². The average Bonchev–Trinajstić information content (AvgIpc) is 2.42. The molecule has 0 saturated heterocycles. The maximum atomic E-state index is 5.71. The van der Waals surface area contributed by atoms with Crippen molar-refractivity contribution in [3.8, 4) is 0 Å². The predicted octanol–water partition coefficient (Wildman–Crippen LogP) is 5.51. The van der Waals surface area contributed by atoms with Gasteiger partial charge in [0.05, 0.1) is 0 Å². The average molecular weight is 311 g/mol. The van der Waals surface area contributed by atoms with E-state index in [0.717, 1.165) is 37.2 Å². The van der Waals surface area contributed by atoms with Crippen molar-refractivity contribution < 1.29 is 4.74 Å². The zero-order chi connectivity index (χ0) is 15.9. The summed E-state index contributed by atoms with van der Waals surface area (Å²) in [5.41, 5.74) is 1.46. The Hall–Kier alpha value is -0.470. The Labute approximate surface area is 133 Å². The lowest BCUT2D eigenvalue weighted by molar-refractivity contribution is 0.121. The van der Waals surface area contributed by atoms with Crippen molar-refractivity contribution >= 4 is 10.0 Å². The van der Waals surface area contributed by atoms with E-state index in [1.165, 1.54) is 16.9 Å². The molecule has 0 atom stereocenters. The van der Waals surface area contributed by atoms with Crippen LogP contribution < -0.4 is 0 Å². The molecule has 1 rings (SSSR count). The first kappa shape index (κ1) is 18.6. The van der Waals surface area contributed by atoms with Crippen LogP contribution in [-0.2, 0) is 11.2 Å². The fourth-order valence-electron chi connectivity index (χ4n) is 2.10. The highest BCUT2D eigenvalue weighted by Gasteiger charge is 2.18. The fraction of sp³-hybridized carbons (Fsp3) is 0.684. The van der Waals surface area contributed by atoms with Gasteiger partial charge in [0.25, 0.3) is 0 Å². The molecule has 0 unspecified atom stereocenters. The van der Waals surface area contributed by atoms with Crippen LogP contribution in [0.5, 0.6) is 0 Å². The Balaban J connectivity index is 2.43. The van der Waals surface area contributed by atoms with Gasteiger partial charge in [0.2, 0.25) is 0 Å². The van der Waals surface area contributed by atoms with Gasteiger partial charge in [0.1, 0.15) is 0 Å². The van der Waals surface area contributed by atoms with E-state index in [2.05, 4.69) is 64.5 Å². The molecule has 122 valence electrons. The summed E-state index contributed by atoms with van der Waals surface area (Å²) in [4.78, 5) is 1.54. The van der Waals surface area contributed by atoms with E-state index < -0.39 is 10.0 Å². The molecule has 1 aromatic carbocycles. The van der Waals surface area contributed by atoms with E-state index in [0.29, 0.717) is 0 Å². The Morgan fingerprint density at radius 2 is 1.76 bits per heavy atom. The SMILES string of the molecule is CC(C)CCOCCCc1cccc(S(C)(C)C(C)C)c1. The minimum Gasteiger partial charge on any atom is -0.381 e. The molecule has 0 N–H and O–H groups in total. The van der Waals surface area contributed by atoms with Gasteiger partial charge in [0, 0.05) is 13.2 Å². The third kappa shape index (κ3) is 6.44. The van der Waals surface area contributed by atoms with Crippen molar-refractivity contribution in [1.82, 2.24) is 0 Å². The monoisotopic (exact) mass is 310 g/mol. The van der Waals surface area contributed by atoms with Crippen molar-refractivity contribution in [2.75, 3.05) is 25.7 Å². The number of ether oxygens (including phenoxy) is 1. The van der Waals surface area contributed by atoms with Gasteiger partial charge < -0.3 is 4.74 Å². The Morgan fingerprint density at radius 1 is 1.05 bits per heavy atom. The molecule has 1 aromatic rings. The predicted molar refractivity (Wildman–Crippen MR) is 97.9 cm³/mol. The van der Waals surface area contributed by atoms with Crippen molar-refractivity contribution in [3.05, 3.63) is 29.8 Å². The first-order valence-corrected chi connectivity index (χ1v) is 10.7. The number of hydrogen-bond acceptors (Lipinski definition) is 1. The number of aryl methyl sites for hydroxylation is 1. The molecule has 21 heavy (non-hydrogen) atoms. The number of benzene rings is 1. The summed E-state index contributed by atoms with van der Waals surface area (Å²) in [6, 6.07) is 9.20. The fourth-order valence-corrected chi connectivity index (χ4v) is 3.53. The smallest absolute Gasteiger partial charge is 0.0469 e. The second-order valence-electron chi connectivity index (χ2n) is 7.00. The van der Waals surface area contributed by atoms with E-state index >= 15 is 0 Å². The van der Waals surface area contributed by atoms with E-state index in [1.54, 1.807) is 0 Å². The van der Waals surface area contributed by atoms with Crippen LogP contribution in [0.1, 0.15) is 46.1 Å². The highest BCUT2D eigenvalue weighted by atomic mass is 32.3. The van der Waals surface area contributed by atoms with Crippen LogP contribution in [0.3, 0.4) is 0 Å². The quantitative estimate of drug-likeness (QED) is 0.546. The van der Waals surface area contributed by atoms with E-state index in [-0.39, 0.29) is 0 Å². The van der Waals surface area contributed by atoms with Crippen molar-refractivity contribution in [2.24, 2.45) is 5.92 Å². The molecule has 0 aliphatic heterocycles. The third-order valence-corrected chi connectivity index (χ3v) is 8.10. The summed E-state index contributed by atoms with van der Waals surface area (Å²) in [7, 11) is -0.679. The molecule has 0 heterocycles. The van der Waals surface area contributed by atoms with Gasteiger partial charge in [-0.25, -0.2) is 10.0 Å². The molecule has 2 heteroatoms. The summed E-state index contributed by atoms with van der Waals surface area (Å²) >= 11 is 0. The maximum absolute atomic E-state index is 5.71. The first-order valence-electron chi connectivity index (χ1n) is 8.23. The molecule has 0 radical (unpaired) electrons. The molecule has 1 nitrogen and oxygen atoms in total. The van der Waals surface area contributed by atoms with Crippen LogP contribution in [0.2, 0.25) is 0 Å². The van der Waals surface area contributed by atoms with Gasteiger partial charge in [-0.2, -0.15) is 0 Å². The van der Waals surface area contributed by atoms with Crippen LogP contribution in [-0.4, -0.2) is 31.0 Å². The minimum atomic E-state index is -0.679. The Kier molecular flexibility index (Phi) is 7.83. The van der Waals surface area contributed by atoms with Crippen LogP contribution in [0.15, 0.2) is 29.2 Å². The summed E-state index contributed by atoms with van der Waals surface area (Å²) in [6.45, 7) is 11.0. The molecule has 0 aromatic heterocycles. The van der Waals surface area contributed by atoms with Crippen LogP contribution in [0, 0.1) is 5.92 Å². The highest BCUT2D eigenvalue weighted by molar-refractivity contribution is 8.33. The maximum Gasteiger partial charge on any atom is 0.0469 e. The minimum absolute atomic E-state index is 0.679. The highest BCUT2D eigenvalue weighted by Crippen LogP contribution is 2.53. The Morgan fingerprint density at radius 3 is 2.38 bits per heavy atom. The van der Waals surface area contributed by atoms with E-state index in [1.807, 2.05) is 0 Å². The molecule has 0 aliphatic rings. The Bertz CT molecular complexity index is 410. The van der Waals surface area contributed by atoms with Gasteiger partial charge in [-0.05, 0) is 59.5 Å². The molecular weight excluding hydrogens is 276 g/mol.